The lowest BCUT2D eigenvalue weighted by Crippen LogP contribution is -2.49. The van der Waals surface area contributed by atoms with Gasteiger partial charge >= 0.3 is 0 Å². The average molecular weight is 396 g/mol. The third kappa shape index (κ3) is 4.70. The Kier molecular flexibility index (Phi) is 6.76. The maximum Gasteiger partial charge on any atom is 0.223 e. The van der Waals surface area contributed by atoms with E-state index in [-0.39, 0.29) is 5.91 Å². The van der Waals surface area contributed by atoms with Crippen molar-refractivity contribution in [2.75, 3.05) is 38.2 Å². The third-order valence-corrected chi connectivity index (χ3v) is 5.61. The smallest absolute Gasteiger partial charge is 0.223 e. The Morgan fingerprint density at radius 2 is 1.93 bits per heavy atom. The van der Waals surface area contributed by atoms with Crippen LogP contribution in [0.15, 0.2) is 24.3 Å². The highest BCUT2D eigenvalue weighted by atomic mass is 16.5. The number of ether oxygens (including phenoxy) is 1. The number of piperazine rings is 1. The summed E-state index contributed by atoms with van der Waals surface area (Å²) in [5.41, 5.74) is 4.22. The van der Waals surface area contributed by atoms with Crippen LogP contribution in [0.4, 0.5) is 5.69 Å². The number of carbonyl (C=O) groups is 1. The molecule has 1 aromatic carbocycles. The lowest BCUT2D eigenvalue weighted by Gasteiger charge is -2.36. The Morgan fingerprint density at radius 3 is 2.62 bits per heavy atom. The maximum absolute atomic E-state index is 12.8. The fraction of sp³-hybridized carbons (Fsp3) is 0.500. The SMILES string of the molecule is COc1ccccc1N1CCN(C(=O)CCc2c(C)nn(CCC#N)c2C)CC1. The summed E-state index contributed by atoms with van der Waals surface area (Å²) < 4.78 is 7.34. The van der Waals surface area contributed by atoms with Gasteiger partial charge in [0.2, 0.25) is 5.91 Å². The summed E-state index contributed by atoms with van der Waals surface area (Å²) in [5, 5.41) is 13.3. The molecule has 0 unspecified atom stereocenters. The minimum absolute atomic E-state index is 0.188. The van der Waals surface area contributed by atoms with E-state index in [2.05, 4.69) is 22.1 Å². The Morgan fingerprint density at radius 1 is 1.21 bits per heavy atom. The van der Waals surface area contributed by atoms with Gasteiger partial charge in [-0.25, -0.2) is 0 Å². The number of para-hydroxylation sites is 2. The molecule has 0 saturated carbocycles. The Labute approximate surface area is 172 Å². The molecule has 0 atom stereocenters. The summed E-state index contributed by atoms with van der Waals surface area (Å²) in [4.78, 5) is 17.0. The van der Waals surface area contributed by atoms with Gasteiger partial charge in [-0.3, -0.25) is 9.48 Å². The van der Waals surface area contributed by atoms with Gasteiger partial charge in [-0.2, -0.15) is 10.4 Å². The number of nitriles is 1. The molecule has 1 amide bonds. The van der Waals surface area contributed by atoms with Crippen molar-refractivity contribution in [3.63, 3.8) is 0 Å². The molecular formula is C22H29N5O2. The number of aryl methyl sites for hydroxylation is 2. The predicted molar refractivity (Wildman–Crippen MR) is 112 cm³/mol. The first-order valence-corrected chi connectivity index (χ1v) is 10.1. The highest BCUT2D eigenvalue weighted by Gasteiger charge is 2.23. The molecule has 0 spiro atoms. The Hall–Kier alpha value is -3.01. The minimum Gasteiger partial charge on any atom is -0.495 e. The summed E-state index contributed by atoms with van der Waals surface area (Å²) in [5.74, 6) is 1.06. The number of hydrogen-bond acceptors (Lipinski definition) is 5. The minimum atomic E-state index is 0.188. The van der Waals surface area contributed by atoms with Crippen LogP contribution < -0.4 is 9.64 Å². The molecule has 0 aliphatic carbocycles. The first-order chi connectivity index (χ1) is 14.0. The zero-order valence-electron chi connectivity index (χ0n) is 17.5. The molecule has 1 saturated heterocycles. The summed E-state index contributed by atoms with van der Waals surface area (Å²) in [6.45, 7) is 7.63. The number of benzene rings is 1. The molecule has 1 aromatic heterocycles. The van der Waals surface area contributed by atoms with E-state index in [0.717, 1.165) is 54.6 Å². The number of amides is 1. The van der Waals surface area contributed by atoms with Crippen LogP contribution in [0, 0.1) is 25.2 Å². The Bertz CT molecular complexity index is 891. The van der Waals surface area contributed by atoms with Crippen molar-refractivity contribution in [1.29, 1.82) is 5.26 Å². The van der Waals surface area contributed by atoms with Gasteiger partial charge in [0.05, 0.1) is 37.5 Å². The van der Waals surface area contributed by atoms with Crippen LogP contribution in [0.1, 0.15) is 29.8 Å². The van der Waals surface area contributed by atoms with Gasteiger partial charge in [0.25, 0.3) is 0 Å². The molecule has 29 heavy (non-hydrogen) atoms. The molecule has 1 aliphatic heterocycles. The molecule has 1 aliphatic rings. The van der Waals surface area contributed by atoms with Crippen molar-refractivity contribution < 1.29 is 9.53 Å². The summed E-state index contributed by atoms with van der Waals surface area (Å²) in [6.07, 6.45) is 1.62. The number of carbonyl (C=O) groups excluding carboxylic acids is 1. The van der Waals surface area contributed by atoms with Crippen LogP contribution in [0.3, 0.4) is 0 Å². The van der Waals surface area contributed by atoms with Gasteiger partial charge in [-0.15, -0.1) is 0 Å². The third-order valence-electron chi connectivity index (χ3n) is 5.61. The summed E-state index contributed by atoms with van der Waals surface area (Å²) in [6, 6.07) is 10.2. The fourth-order valence-corrected chi connectivity index (χ4v) is 3.95. The molecular weight excluding hydrogens is 366 g/mol. The van der Waals surface area contributed by atoms with Crippen LogP contribution in [-0.2, 0) is 17.8 Å². The maximum atomic E-state index is 12.8. The predicted octanol–water partition coefficient (Wildman–Crippen LogP) is 2.70. The fourth-order valence-electron chi connectivity index (χ4n) is 3.95. The molecule has 7 nitrogen and oxygen atoms in total. The molecule has 3 rings (SSSR count). The van der Waals surface area contributed by atoms with Gasteiger partial charge in [-0.1, -0.05) is 12.1 Å². The van der Waals surface area contributed by atoms with Gasteiger partial charge in [0.15, 0.2) is 0 Å². The zero-order chi connectivity index (χ0) is 20.8. The van der Waals surface area contributed by atoms with Crippen molar-refractivity contribution in [3.05, 3.63) is 41.2 Å². The van der Waals surface area contributed by atoms with Crippen LogP contribution in [0.25, 0.3) is 0 Å². The average Bonchev–Trinajstić information content (AvgIpc) is 3.03. The number of methoxy groups -OCH3 is 1. The van der Waals surface area contributed by atoms with E-state index >= 15 is 0 Å². The normalized spacial score (nSPS) is 14.0. The number of aromatic nitrogens is 2. The van der Waals surface area contributed by atoms with Crippen molar-refractivity contribution >= 4 is 11.6 Å². The largest absolute Gasteiger partial charge is 0.495 e. The zero-order valence-corrected chi connectivity index (χ0v) is 17.5. The van der Waals surface area contributed by atoms with E-state index in [1.807, 2.05) is 41.6 Å². The summed E-state index contributed by atoms with van der Waals surface area (Å²) >= 11 is 0. The molecule has 0 N–H and O–H groups in total. The number of nitrogens with zero attached hydrogens (tertiary/aromatic N) is 5. The number of hydrogen-bond donors (Lipinski definition) is 0. The molecule has 0 bridgehead atoms. The van der Waals surface area contributed by atoms with Gasteiger partial charge < -0.3 is 14.5 Å². The standard InChI is InChI=1S/C22H29N5O2/c1-17-19(18(2)27(24-17)12-6-11-23)9-10-22(28)26-15-13-25(14-16-26)20-7-4-5-8-21(20)29-3/h4-5,7-8H,6,9-10,12-16H2,1-3H3. The van der Waals surface area contributed by atoms with Crippen molar-refractivity contribution in [2.24, 2.45) is 0 Å². The topological polar surface area (TPSA) is 74.4 Å². The monoisotopic (exact) mass is 395 g/mol. The lowest BCUT2D eigenvalue weighted by atomic mass is 10.1. The second kappa shape index (κ2) is 9.46. The van der Waals surface area contributed by atoms with E-state index in [9.17, 15) is 4.79 Å². The highest BCUT2D eigenvalue weighted by Crippen LogP contribution is 2.28. The van der Waals surface area contributed by atoms with Crippen LogP contribution in [0.5, 0.6) is 5.75 Å². The first kappa shape index (κ1) is 20.7. The molecule has 2 aromatic rings. The van der Waals surface area contributed by atoms with Crippen LogP contribution >= 0.6 is 0 Å². The van der Waals surface area contributed by atoms with Crippen molar-refractivity contribution in [1.82, 2.24) is 14.7 Å². The van der Waals surface area contributed by atoms with Gasteiger partial charge in [0.1, 0.15) is 5.75 Å². The van der Waals surface area contributed by atoms with Crippen molar-refractivity contribution in [2.45, 2.75) is 39.7 Å². The van der Waals surface area contributed by atoms with E-state index in [1.54, 1.807) is 7.11 Å². The lowest BCUT2D eigenvalue weighted by molar-refractivity contribution is -0.131. The van der Waals surface area contributed by atoms with E-state index in [0.29, 0.717) is 25.8 Å². The highest BCUT2D eigenvalue weighted by molar-refractivity contribution is 5.77. The molecule has 7 heteroatoms. The summed E-state index contributed by atoms with van der Waals surface area (Å²) in [7, 11) is 1.69. The second-order valence-corrected chi connectivity index (χ2v) is 7.32. The second-order valence-electron chi connectivity index (χ2n) is 7.32. The number of rotatable bonds is 7. The van der Waals surface area contributed by atoms with E-state index in [4.69, 9.17) is 10.00 Å². The Balaban J connectivity index is 1.54. The first-order valence-electron chi connectivity index (χ1n) is 10.1. The van der Waals surface area contributed by atoms with Crippen molar-refractivity contribution in [3.8, 4) is 11.8 Å². The molecule has 0 radical (unpaired) electrons. The number of anilines is 1. The van der Waals surface area contributed by atoms with Crippen LogP contribution in [-0.4, -0.2) is 53.9 Å². The van der Waals surface area contributed by atoms with E-state index in [1.165, 1.54) is 0 Å². The van der Waals surface area contributed by atoms with E-state index < -0.39 is 0 Å². The molecule has 1 fully saturated rings. The molecule has 2 heterocycles. The van der Waals surface area contributed by atoms with Gasteiger partial charge in [0, 0.05) is 38.3 Å². The quantitative estimate of drug-likeness (QED) is 0.721. The van der Waals surface area contributed by atoms with Crippen LogP contribution in [0.2, 0.25) is 0 Å². The van der Waals surface area contributed by atoms with Gasteiger partial charge in [-0.05, 0) is 38.0 Å². The molecule has 154 valence electrons.